The van der Waals surface area contributed by atoms with Gasteiger partial charge in [0, 0.05) is 17.5 Å². The average molecular weight is 235 g/mol. The second-order valence-corrected chi connectivity index (χ2v) is 6.09. The van der Waals surface area contributed by atoms with Crippen molar-refractivity contribution < 1.29 is 5.11 Å². The maximum Gasteiger partial charge on any atom is 0.0607 e. The summed E-state index contributed by atoms with van der Waals surface area (Å²) in [6.45, 7) is 11.6. The van der Waals surface area contributed by atoms with E-state index in [9.17, 15) is 5.11 Å². The summed E-state index contributed by atoms with van der Waals surface area (Å²) in [4.78, 5) is 0. The summed E-state index contributed by atoms with van der Waals surface area (Å²) in [5, 5.41) is 12.7. The highest BCUT2D eigenvalue weighted by Crippen LogP contribution is 2.25. The van der Waals surface area contributed by atoms with Gasteiger partial charge in [0.1, 0.15) is 0 Å². The number of aliphatic hydroxyl groups is 1. The monoisotopic (exact) mass is 235 g/mol. The molecule has 0 amide bonds. The van der Waals surface area contributed by atoms with Crippen molar-refractivity contribution in [3.05, 3.63) is 35.4 Å². The van der Waals surface area contributed by atoms with Crippen molar-refractivity contribution in [1.29, 1.82) is 0 Å². The number of aliphatic hydroxyl groups excluding tert-OH is 1. The Bertz CT molecular complexity index is 369. The van der Waals surface area contributed by atoms with E-state index >= 15 is 0 Å². The molecule has 0 fully saturated rings. The van der Waals surface area contributed by atoms with Crippen LogP contribution in [0.2, 0.25) is 0 Å². The van der Waals surface area contributed by atoms with E-state index in [1.165, 1.54) is 11.1 Å². The molecule has 1 aromatic carbocycles. The van der Waals surface area contributed by atoms with Crippen LogP contribution in [-0.2, 0) is 5.41 Å². The highest BCUT2D eigenvalue weighted by Gasteiger charge is 2.25. The average Bonchev–Trinajstić information content (AvgIpc) is 2.27. The number of benzene rings is 1. The van der Waals surface area contributed by atoms with E-state index in [2.05, 4.69) is 50.4 Å². The Kier molecular flexibility index (Phi) is 4.34. The Labute approximate surface area is 105 Å². The molecule has 0 aliphatic rings. The molecule has 17 heavy (non-hydrogen) atoms. The Morgan fingerprint density at radius 2 is 1.71 bits per heavy atom. The van der Waals surface area contributed by atoms with Gasteiger partial charge in [0.2, 0.25) is 0 Å². The van der Waals surface area contributed by atoms with Crippen molar-refractivity contribution >= 4 is 0 Å². The first-order valence-electron chi connectivity index (χ1n) is 6.20. The number of aryl methyl sites for hydroxylation is 1. The van der Waals surface area contributed by atoms with Crippen LogP contribution in [0.25, 0.3) is 0 Å². The molecule has 1 aromatic rings. The first-order valence-corrected chi connectivity index (χ1v) is 6.20. The Hall–Kier alpha value is -0.860. The van der Waals surface area contributed by atoms with E-state index in [0.717, 1.165) is 6.54 Å². The van der Waals surface area contributed by atoms with Crippen LogP contribution in [0, 0.1) is 6.92 Å². The SMILES string of the molecule is Cc1ccccc1C(C)(C)CNC(C)(C)CO. The van der Waals surface area contributed by atoms with Crippen LogP contribution in [0.3, 0.4) is 0 Å². The first-order chi connectivity index (χ1) is 7.78. The lowest BCUT2D eigenvalue weighted by Gasteiger charge is -2.33. The topological polar surface area (TPSA) is 32.3 Å². The smallest absolute Gasteiger partial charge is 0.0607 e. The number of rotatable bonds is 5. The largest absolute Gasteiger partial charge is 0.394 e. The van der Waals surface area contributed by atoms with Crippen LogP contribution in [-0.4, -0.2) is 23.8 Å². The van der Waals surface area contributed by atoms with Crippen molar-refractivity contribution in [2.24, 2.45) is 0 Å². The van der Waals surface area contributed by atoms with E-state index in [1.807, 2.05) is 13.8 Å². The summed E-state index contributed by atoms with van der Waals surface area (Å²) in [6.07, 6.45) is 0. The van der Waals surface area contributed by atoms with Gasteiger partial charge in [-0.2, -0.15) is 0 Å². The lowest BCUT2D eigenvalue weighted by atomic mass is 9.81. The Morgan fingerprint density at radius 3 is 2.24 bits per heavy atom. The molecule has 2 N–H and O–H groups in total. The molecule has 0 bridgehead atoms. The maximum absolute atomic E-state index is 9.25. The molecule has 0 radical (unpaired) electrons. The molecule has 0 atom stereocenters. The molecule has 0 saturated heterocycles. The molecule has 0 unspecified atom stereocenters. The zero-order valence-corrected chi connectivity index (χ0v) is 11.7. The van der Waals surface area contributed by atoms with Gasteiger partial charge >= 0.3 is 0 Å². The minimum absolute atomic E-state index is 0.0672. The third-order valence-electron chi connectivity index (χ3n) is 3.28. The van der Waals surface area contributed by atoms with E-state index < -0.39 is 0 Å². The van der Waals surface area contributed by atoms with Crippen molar-refractivity contribution in [2.75, 3.05) is 13.2 Å². The van der Waals surface area contributed by atoms with E-state index in [0.29, 0.717) is 0 Å². The summed E-state index contributed by atoms with van der Waals surface area (Å²) in [7, 11) is 0. The fourth-order valence-corrected chi connectivity index (χ4v) is 1.94. The molecular weight excluding hydrogens is 210 g/mol. The molecule has 96 valence electrons. The minimum Gasteiger partial charge on any atom is -0.394 e. The van der Waals surface area contributed by atoms with Gasteiger partial charge in [-0.3, -0.25) is 0 Å². The first kappa shape index (κ1) is 14.2. The van der Waals surface area contributed by atoms with Crippen LogP contribution < -0.4 is 5.32 Å². The van der Waals surface area contributed by atoms with Crippen molar-refractivity contribution in [2.45, 2.75) is 45.6 Å². The number of hydrogen-bond donors (Lipinski definition) is 2. The summed E-state index contributed by atoms with van der Waals surface area (Å²) < 4.78 is 0. The quantitative estimate of drug-likeness (QED) is 0.822. The van der Waals surface area contributed by atoms with Gasteiger partial charge in [-0.25, -0.2) is 0 Å². The van der Waals surface area contributed by atoms with Crippen LogP contribution in [0.15, 0.2) is 24.3 Å². The zero-order chi connectivity index (χ0) is 13.1. The summed E-state index contributed by atoms with van der Waals surface area (Å²) in [5.74, 6) is 0. The van der Waals surface area contributed by atoms with Gasteiger partial charge in [0.25, 0.3) is 0 Å². The lowest BCUT2D eigenvalue weighted by molar-refractivity contribution is 0.181. The highest BCUT2D eigenvalue weighted by atomic mass is 16.3. The van der Waals surface area contributed by atoms with Gasteiger partial charge < -0.3 is 10.4 Å². The lowest BCUT2D eigenvalue weighted by Crippen LogP contribution is -2.48. The summed E-state index contributed by atoms with van der Waals surface area (Å²) in [5.41, 5.74) is 2.53. The third-order valence-corrected chi connectivity index (χ3v) is 3.28. The standard InChI is InChI=1S/C15H25NO/c1-12-8-6-7-9-13(12)14(2,3)10-16-15(4,5)11-17/h6-9,16-17H,10-11H2,1-5H3. The molecule has 0 saturated carbocycles. The van der Waals surface area contributed by atoms with Crippen molar-refractivity contribution in [3.8, 4) is 0 Å². The van der Waals surface area contributed by atoms with Gasteiger partial charge in [0.15, 0.2) is 0 Å². The zero-order valence-electron chi connectivity index (χ0n) is 11.7. The maximum atomic E-state index is 9.25. The molecule has 0 aromatic heterocycles. The van der Waals surface area contributed by atoms with E-state index in [-0.39, 0.29) is 17.6 Å². The predicted octanol–water partition coefficient (Wildman–Crippen LogP) is 2.63. The van der Waals surface area contributed by atoms with Crippen LogP contribution in [0.4, 0.5) is 0 Å². The van der Waals surface area contributed by atoms with Crippen molar-refractivity contribution in [3.63, 3.8) is 0 Å². The fourth-order valence-electron chi connectivity index (χ4n) is 1.94. The molecule has 2 nitrogen and oxygen atoms in total. The van der Waals surface area contributed by atoms with Crippen LogP contribution in [0.1, 0.15) is 38.8 Å². The molecule has 0 aliphatic carbocycles. The normalized spacial score (nSPS) is 12.8. The van der Waals surface area contributed by atoms with Crippen LogP contribution in [0.5, 0.6) is 0 Å². The number of nitrogens with one attached hydrogen (secondary N) is 1. The minimum atomic E-state index is -0.222. The van der Waals surface area contributed by atoms with E-state index in [4.69, 9.17) is 0 Å². The van der Waals surface area contributed by atoms with E-state index in [1.54, 1.807) is 0 Å². The molecule has 2 heteroatoms. The molecule has 0 spiro atoms. The second-order valence-electron chi connectivity index (χ2n) is 6.09. The molecule has 0 heterocycles. The number of hydrogen-bond acceptors (Lipinski definition) is 2. The third kappa shape index (κ3) is 3.83. The van der Waals surface area contributed by atoms with Gasteiger partial charge in [-0.05, 0) is 31.9 Å². The summed E-state index contributed by atoms with van der Waals surface area (Å²) in [6, 6.07) is 8.48. The molecular formula is C15H25NO. The Balaban J connectivity index is 2.79. The summed E-state index contributed by atoms with van der Waals surface area (Å²) >= 11 is 0. The van der Waals surface area contributed by atoms with Gasteiger partial charge in [-0.1, -0.05) is 38.1 Å². The highest BCUT2D eigenvalue weighted by molar-refractivity contribution is 5.32. The van der Waals surface area contributed by atoms with Gasteiger partial charge in [-0.15, -0.1) is 0 Å². The van der Waals surface area contributed by atoms with Crippen molar-refractivity contribution in [1.82, 2.24) is 5.32 Å². The van der Waals surface area contributed by atoms with Crippen LogP contribution >= 0.6 is 0 Å². The van der Waals surface area contributed by atoms with Gasteiger partial charge in [0.05, 0.1) is 6.61 Å². The second kappa shape index (κ2) is 5.19. The molecule has 1 rings (SSSR count). The molecule has 0 aliphatic heterocycles. The predicted molar refractivity (Wildman–Crippen MR) is 73.4 cm³/mol. The fraction of sp³-hybridized carbons (Fsp3) is 0.600. The Morgan fingerprint density at radius 1 is 1.12 bits per heavy atom.